The van der Waals surface area contributed by atoms with Gasteiger partial charge in [-0.2, -0.15) is 0 Å². The normalized spacial score (nSPS) is 13.7. The Labute approximate surface area is 130 Å². The number of nitrogens with one attached hydrogen (secondary N) is 1. The van der Waals surface area contributed by atoms with Crippen LogP contribution in [0, 0.1) is 0 Å². The van der Waals surface area contributed by atoms with Crippen LogP contribution in [0.15, 0.2) is 47.4 Å². The van der Waals surface area contributed by atoms with Crippen molar-refractivity contribution in [2.75, 3.05) is 13.0 Å². The number of fused-ring (bicyclic) bond motifs is 1. The van der Waals surface area contributed by atoms with Crippen LogP contribution in [0.1, 0.15) is 15.9 Å². The van der Waals surface area contributed by atoms with Gasteiger partial charge in [0.1, 0.15) is 0 Å². The van der Waals surface area contributed by atoms with Gasteiger partial charge in [0.05, 0.1) is 0 Å². The number of benzene rings is 2. The summed E-state index contributed by atoms with van der Waals surface area (Å²) in [6.07, 6.45) is 1.61. The molecule has 0 bridgehead atoms. The summed E-state index contributed by atoms with van der Waals surface area (Å²) in [5.41, 5.74) is 1.47. The third-order valence-electron chi connectivity index (χ3n) is 3.34. The van der Waals surface area contributed by atoms with Gasteiger partial charge in [0.25, 0.3) is 5.91 Å². The first kappa shape index (κ1) is 14.6. The maximum atomic E-state index is 12.1. The highest BCUT2D eigenvalue weighted by molar-refractivity contribution is 7.84. The molecular weight excluding hydrogens is 302 g/mol. The van der Waals surface area contributed by atoms with Crippen LogP contribution >= 0.6 is 0 Å². The van der Waals surface area contributed by atoms with E-state index in [-0.39, 0.29) is 12.7 Å². The van der Waals surface area contributed by atoms with Crippen LogP contribution in [-0.4, -0.2) is 23.2 Å². The van der Waals surface area contributed by atoms with E-state index in [4.69, 9.17) is 9.47 Å². The standard InChI is InChI=1S/C16H15NO4S/c1-22(19)13-5-3-12(4-6-13)16(18)17-9-11-2-7-14-15(8-11)21-10-20-14/h2-8H,9-10H2,1H3,(H,17,18)/t22-/m1/s1. The smallest absolute Gasteiger partial charge is 0.251 e. The van der Waals surface area contributed by atoms with Gasteiger partial charge in [0.15, 0.2) is 11.5 Å². The molecule has 5 nitrogen and oxygen atoms in total. The van der Waals surface area contributed by atoms with E-state index in [1.165, 1.54) is 0 Å². The molecule has 0 saturated carbocycles. The quantitative estimate of drug-likeness (QED) is 0.938. The van der Waals surface area contributed by atoms with Crippen molar-refractivity contribution < 1.29 is 18.5 Å². The van der Waals surface area contributed by atoms with Gasteiger partial charge in [-0.1, -0.05) is 6.07 Å². The van der Waals surface area contributed by atoms with E-state index in [9.17, 15) is 9.00 Å². The molecule has 0 fully saturated rings. The summed E-state index contributed by atoms with van der Waals surface area (Å²) < 4.78 is 21.9. The lowest BCUT2D eigenvalue weighted by atomic mass is 10.2. The lowest BCUT2D eigenvalue weighted by Gasteiger charge is -2.07. The second kappa shape index (κ2) is 6.19. The molecule has 0 aliphatic carbocycles. The van der Waals surface area contributed by atoms with E-state index in [1.807, 2.05) is 18.2 Å². The Morgan fingerprint density at radius 3 is 2.59 bits per heavy atom. The number of rotatable bonds is 4. The fraction of sp³-hybridized carbons (Fsp3) is 0.188. The lowest BCUT2D eigenvalue weighted by molar-refractivity contribution is 0.0950. The number of amides is 1. The minimum Gasteiger partial charge on any atom is -0.454 e. The SMILES string of the molecule is C[S@@](=O)c1ccc(C(=O)NCc2ccc3c(c2)OCO3)cc1. The Hall–Kier alpha value is -2.34. The molecule has 3 rings (SSSR count). The highest BCUT2D eigenvalue weighted by Gasteiger charge is 2.13. The number of hydrogen-bond acceptors (Lipinski definition) is 4. The molecule has 114 valence electrons. The molecule has 0 aromatic heterocycles. The zero-order valence-electron chi connectivity index (χ0n) is 12.0. The van der Waals surface area contributed by atoms with Crippen molar-refractivity contribution in [2.24, 2.45) is 0 Å². The summed E-state index contributed by atoms with van der Waals surface area (Å²) in [5, 5.41) is 2.84. The molecule has 0 saturated heterocycles. The summed E-state index contributed by atoms with van der Waals surface area (Å²) in [6.45, 7) is 0.632. The molecule has 0 radical (unpaired) electrons. The zero-order valence-corrected chi connectivity index (χ0v) is 12.8. The van der Waals surface area contributed by atoms with Crippen LogP contribution in [0.5, 0.6) is 11.5 Å². The minimum absolute atomic E-state index is 0.175. The average Bonchev–Trinajstić information content (AvgIpc) is 3.00. The molecule has 22 heavy (non-hydrogen) atoms. The largest absolute Gasteiger partial charge is 0.454 e. The molecule has 0 unspecified atom stereocenters. The molecule has 1 aliphatic heterocycles. The predicted molar refractivity (Wildman–Crippen MR) is 82.5 cm³/mol. The molecule has 1 N–H and O–H groups in total. The van der Waals surface area contributed by atoms with Gasteiger partial charge in [0.2, 0.25) is 6.79 Å². The lowest BCUT2D eigenvalue weighted by Crippen LogP contribution is -2.22. The average molecular weight is 317 g/mol. The van der Waals surface area contributed by atoms with E-state index in [2.05, 4.69) is 5.32 Å². The summed E-state index contributed by atoms with van der Waals surface area (Å²) in [4.78, 5) is 12.8. The first-order valence-electron chi connectivity index (χ1n) is 6.74. The van der Waals surface area contributed by atoms with Crippen LogP contribution < -0.4 is 14.8 Å². The maximum absolute atomic E-state index is 12.1. The first-order chi connectivity index (χ1) is 10.6. The van der Waals surface area contributed by atoms with Crippen LogP contribution in [0.4, 0.5) is 0 Å². The van der Waals surface area contributed by atoms with Gasteiger partial charge in [-0.3, -0.25) is 9.00 Å². The molecule has 1 aliphatic rings. The summed E-state index contributed by atoms with van der Waals surface area (Å²) in [6, 6.07) is 12.3. The van der Waals surface area contributed by atoms with Crippen LogP contribution in [0.2, 0.25) is 0 Å². The third-order valence-corrected chi connectivity index (χ3v) is 4.27. The highest BCUT2D eigenvalue weighted by atomic mass is 32.2. The van der Waals surface area contributed by atoms with Crippen molar-refractivity contribution in [1.29, 1.82) is 0 Å². The highest BCUT2D eigenvalue weighted by Crippen LogP contribution is 2.32. The van der Waals surface area contributed by atoms with Crippen LogP contribution in [0.3, 0.4) is 0 Å². The maximum Gasteiger partial charge on any atom is 0.251 e. The first-order valence-corrected chi connectivity index (χ1v) is 8.29. The summed E-state index contributed by atoms with van der Waals surface area (Å²) >= 11 is 0. The van der Waals surface area contributed by atoms with E-state index < -0.39 is 10.8 Å². The van der Waals surface area contributed by atoms with Gasteiger partial charge in [0, 0.05) is 34.1 Å². The van der Waals surface area contributed by atoms with Crippen molar-refractivity contribution in [3.05, 3.63) is 53.6 Å². The van der Waals surface area contributed by atoms with Crippen molar-refractivity contribution in [3.8, 4) is 11.5 Å². The molecule has 2 aromatic rings. The van der Waals surface area contributed by atoms with E-state index in [0.717, 1.165) is 11.3 Å². The van der Waals surface area contributed by atoms with E-state index in [0.29, 0.717) is 22.8 Å². The van der Waals surface area contributed by atoms with Gasteiger partial charge in [-0.05, 0) is 42.0 Å². The molecular formula is C16H15NO4S. The fourth-order valence-electron chi connectivity index (χ4n) is 2.13. The summed E-state index contributed by atoms with van der Waals surface area (Å²) in [5.74, 6) is 1.24. The Morgan fingerprint density at radius 2 is 1.86 bits per heavy atom. The number of hydrogen-bond donors (Lipinski definition) is 1. The Bertz CT molecular complexity index is 727. The van der Waals surface area contributed by atoms with Crippen LogP contribution in [-0.2, 0) is 17.3 Å². The second-order valence-corrected chi connectivity index (χ2v) is 6.23. The van der Waals surface area contributed by atoms with E-state index in [1.54, 1.807) is 30.5 Å². The number of ether oxygens (including phenoxy) is 2. The van der Waals surface area contributed by atoms with Crippen LogP contribution in [0.25, 0.3) is 0 Å². The summed E-state index contributed by atoms with van der Waals surface area (Å²) in [7, 11) is -1.04. The predicted octanol–water partition coefficient (Wildman–Crippen LogP) is 2.08. The van der Waals surface area contributed by atoms with Crippen molar-refractivity contribution in [1.82, 2.24) is 5.32 Å². The molecule has 1 heterocycles. The third kappa shape index (κ3) is 3.12. The van der Waals surface area contributed by atoms with Crippen molar-refractivity contribution in [2.45, 2.75) is 11.4 Å². The van der Waals surface area contributed by atoms with Crippen molar-refractivity contribution >= 4 is 16.7 Å². The zero-order chi connectivity index (χ0) is 15.5. The van der Waals surface area contributed by atoms with Gasteiger partial charge in [-0.25, -0.2) is 0 Å². The molecule has 1 amide bonds. The topological polar surface area (TPSA) is 64.6 Å². The molecule has 0 spiro atoms. The Morgan fingerprint density at radius 1 is 1.14 bits per heavy atom. The van der Waals surface area contributed by atoms with Gasteiger partial charge >= 0.3 is 0 Å². The number of carbonyl (C=O) groups excluding carboxylic acids is 1. The van der Waals surface area contributed by atoms with E-state index >= 15 is 0 Å². The molecule has 2 aromatic carbocycles. The van der Waals surface area contributed by atoms with Crippen molar-refractivity contribution in [3.63, 3.8) is 0 Å². The minimum atomic E-state index is -1.04. The Balaban J connectivity index is 1.63. The molecule has 1 atom stereocenters. The monoisotopic (exact) mass is 317 g/mol. The second-order valence-electron chi connectivity index (χ2n) is 4.85. The number of carbonyl (C=O) groups is 1. The van der Waals surface area contributed by atoms with Gasteiger partial charge in [-0.15, -0.1) is 0 Å². The molecule has 6 heteroatoms. The Kier molecular flexibility index (Phi) is 4.11. The van der Waals surface area contributed by atoms with Gasteiger partial charge < -0.3 is 14.8 Å². The fourth-order valence-corrected chi connectivity index (χ4v) is 2.65.